The molecule has 1 atom stereocenters. The van der Waals surface area contributed by atoms with Gasteiger partial charge in [0.05, 0.1) is 11.5 Å². The monoisotopic (exact) mass is 455 g/mol. The van der Waals surface area contributed by atoms with Crippen LogP contribution in [0, 0.1) is 19.8 Å². The molecular formula is C25H29NO5S. The first kappa shape index (κ1) is 22.6. The van der Waals surface area contributed by atoms with Crippen LogP contribution >= 0.6 is 0 Å². The molecular weight excluding hydrogens is 426 g/mol. The lowest BCUT2D eigenvalue weighted by molar-refractivity contribution is 0.125. The average molecular weight is 456 g/mol. The van der Waals surface area contributed by atoms with Crippen LogP contribution in [0.25, 0.3) is 11.0 Å². The summed E-state index contributed by atoms with van der Waals surface area (Å²) in [5.41, 5.74) is 2.93. The van der Waals surface area contributed by atoms with E-state index in [0.29, 0.717) is 34.3 Å². The van der Waals surface area contributed by atoms with Gasteiger partial charge in [-0.25, -0.2) is 13.2 Å². The van der Waals surface area contributed by atoms with Crippen molar-refractivity contribution < 1.29 is 17.6 Å². The van der Waals surface area contributed by atoms with E-state index in [0.717, 1.165) is 49.0 Å². The minimum atomic E-state index is -3.17. The van der Waals surface area contributed by atoms with Gasteiger partial charge in [0.1, 0.15) is 11.3 Å². The summed E-state index contributed by atoms with van der Waals surface area (Å²) in [7, 11) is -3.17. The third-order valence-corrected chi connectivity index (χ3v) is 7.40. The van der Waals surface area contributed by atoms with Crippen LogP contribution in [0.15, 0.2) is 56.6 Å². The fraction of sp³-hybridized carbons (Fsp3) is 0.400. The molecule has 2 heterocycles. The van der Waals surface area contributed by atoms with Crippen LogP contribution in [0.1, 0.15) is 29.5 Å². The summed E-state index contributed by atoms with van der Waals surface area (Å²) >= 11 is 0. The Hall–Kier alpha value is -2.64. The predicted octanol–water partition coefficient (Wildman–Crippen LogP) is 4.10. The highest BCUT2D eigenvalue weighted by Crippen LogP contribution is 2.25. The van der Waals surface area contributed by atoms with E-state index >= 15 is 0 Å². The van der Waals surface area contributed by atoms with Gasteiger partial charge in [-0.05, 0) is 68.6 Å². The first-order chi connectivity index (χ1) is 15.2. The highest BCUT2D eigenvalue weighted by Gasteiger charge is 2.21. The normalized spacial score (nSPS) is 17.5. The van der Waals surface area contributed by atoms with E-state index in [2.05, 4.69) is 4.90 Å². The largest absolute Gasteiger partial charge is 0.493 e. The zero-order valence-corrected chi connectivity index (χ0v) is 19.6. The second-order valence-electron chi connectivity index (χ2n) is 8.77. The van der Waals surface area contributed by atoms with Crippen molar-refractivity contribution in [1.82, 2.24) is 4.90 Å². The standard InChI is InChI=1S/C25H29NO5S/c1-17-18(2)25(27)31-24-13-21(8-11-23(17)24)30-16-20-5-4-12-26(15-20)14-19-6-9-22(10-7-19)32(3,28)29/h6-11,13,20H,4-5,12,14-16H2,1-3H3. The number of aryl methyl sites for hydroxylation is 1. The van der Waals surface area contributed by atoms with E-state index in [-0.39, 0.29) is 5.63 Å². The Morgan fingerprint density at radius 3 is 2.56 bits per heavy atom. The molecule has 0 radical (unpaired) electrons. The number of hydrogen-bond donors (Lipinski definition) is 0. The number of rotatable bonds is 6. The van der Waals surface area contributed by atoms with Gasteiger partial charge in [-0.2, -0.15) is 0 Å². The van der Waals surface area contributed by atoms with Gasteiger partial charge in [-0.1, -0.05) is 12.1 Å². The van der Waals surface area contributed by atoms with Crippen molar-refractivity contribution in [3.8, 4) is 5.75 Å². The third kappa shape index (κ3) is 5.05. The molecule has 3 aromatic rings. The molecule has 170 valence electrons. The van der Waals surface area contributed by atoms with E-state index in [1.165, 1.54) is 6.26 Å². The van der Waals surface area contributed by atoms with Crippen molar-refractivity contribution >= 4 is 20.8 Å². The number of nitrogens with zero attached hydrogens (tertiary/aromatic N) is 1. The van der Waals surface area contributed by atoms with Crippen molar-refractivity contribution in [3.63, 3.8) is 0 Å². The van der Waals surface area contributed by atoms with Crippen LogP contribution in [0.2, 0.25) is 0 Å². The van der Waals surface area contributed by atoms with Gasteiger partial charge in [0.25, 0.3) is 0 Å². The first-order valence-corrected chi connectivity index (χ1v) is 12.8. The number of piperidine rings is 1. The molecule has 1 aliphatic heterocycles. The van der Waals surface area contributed by atoms with Gasteiger partial charge in [0.15, 0.2) is 9.84 Å². The number of ether oxygens (including phenoxy) is 1. The first-order valence-electron chi connectivity index (χ1n) is 10.9. The lowest BCUT2D eigenvalue weighted by atomic mass is 9.98. The quantitative estimate of drug-likeness (QED) is 0.521. The van der Waals surface area contributed by atoms with E-state index in [4.69, 9.17) is 9.15 Å². The summed E-state index contributed by atoms with van der Waals surface area (Å²) in [6.45, 7) is 7.05. The maximum atomic E-state index is 12.0. The molecule has 1 saturated heterocycles. The average Bonchev–Trinajstić information content (AvgIpc) is 2.76. The molecule has 1 unspecified atom stereocenters. The van der Waals surface area contributed by atoms with Gasteiger partial charge in [-0.15, -0.1) is 0 Å². The van der Waals surface area contributed by atoms with Gasteiger partial charge in [0.2, 0.25) is 0 Å². The Balaban J connectivity index is 1.37. The summed E-state index contributed by atoms with van der Waals surface area (Å²) in [6.07, 6.45) is 3.42. The minimum absolute atomic E-state index is 0.306. The van der Waals surface area contributed by atoms with E-state index in [1.54, 1.807) is 25.1 Å². The number of benzene rings is 2. The predicted molar refractivity (Wildman–Crippen MR) is 125 cm³/mol. The van der Waals surface area contributed by atoms with Crippen molar-refractivity contribution in [3.05, 3.63) is 69.6 Å². The maximum absolute atomic E-state index is 12.0. The highest BCUT2D eigenvalue weighted by atomic mass is 32.2. The molecule has 1 aromatic heterocycles. The van der Waals surface area contributed by atoms with Crippen molar-refractivity contribution in [2.24, 2.45) is 5.92 Å². The Morgan fingerprint density at radius 2 is 1.84 bits per heavy atom. The lowest BCUT2D eigenvalue weighted by Crippen LogP contribution is -2.37. The summed E-state index contributed by atoms with van der Waals surface area (Å²) < 4.78 is 34.8. The van der Waals surface area contributed by atoms with Crippen molar-refractivity contribution in [1.29, 1.82) is 0 Å². The smallest absolute Gasteiger partial charge is 0.339 e. The van der Waals surface area contributed by atoms with Crippen LogP contribution in [0.3, 0.4) is 0 Å². The molecule has 2 aromatic carbocycles. The third-order valence-electron chi connectivity index (χ3n) is 6.27. The zero-order valence-electron chi connectivity index (χ0n) is 18.8. The fourth-order valence-electron chi connectivity index (χ4n) is 4.26. The SMILES string of the molecule is Cc1c(C)c2ccc(OCC3CCCN(Cc4ccc(S(C)(=O)=O)cc4)C3)cc2oc1=O. The number of sulfone groups is 1. The molecule has 1 aliphatic rings. The molecule has 0 N–H and O–H groups in total. The summed E-state index contributed by atoms with van der Waals surface area (Å²) in [6, 6.07) is 12.8. The molecule has 32 heavy (non-hydrogen) atoms. The summed E-state index contributed by atoms with van der Waals surface area (Å²) in [4.78, 5) is 14.7. The topological polar surface area (TPSA) is 76.8 Å². The maximum Gasteiger partial charge on any atom is 0.339 e. The van der Waals surface area contributed by atoms with E-state index < -0.39 is 9.84 Å². The van der Waals surface area contributed by atoms with Gasteiger partial charge < -0.3 is 9.15 Å². The second kappa shape index (κ2) is 9.08. The zero-order chi connectivity index (χ0) is 22.9. The molecule has 1 fully saturated rings. The summed E-state index contributed by atoms with van der Waals surface area (Å²) in [5, 5.41) is 0.931. The number of fused-ring (bicyclic) bond motifs is 1. The van der Waals surface area contributed by atoms with Crippen LogP contribution in [-0.2, 0) is 16.4 Å². The molecule has 0 spiro atoms. The van der Waals surface area contributed by atoms with Gasteiger partial charge >= 0.3 is 5.63 Å². The molecule has 0 aliphatic carbocycles. The van der Waals surface area contributed by atoms with E-state index in [9.17, 15) is 13.2 Å². The lowest BCUT2D eigenvalue weighted by Gasteiger charge is -2.32. The molecule has 0 amide bonds. The Labute approximate surface area is 188 Å². The fourth-order valence-corrected chi connectivity index (χ4v) is 4.89. The molecule has 7 heteroatoms. The summed E-state index contributed by atoms with van der Waals surface area (Å²) in [5.74, 6) is 1.11. The molecule has 0 bridgehead atoms. The minimum Gasteiger partial charge on any atom is -0.493 e. The molecule has 6 nitrogen and oxygen atoms in total. The van der Waals surface area contributed by atoms with Gasteiger partial charge in [0, 0.05) is 42.3 Å². The highest BCUT2D eigenvalue weighted by molar-refractivity contribution is 7.90. The van der Waals surface area contributed by atoms with Crippen LogP contribution in [-0.4, -0.2) is 39.3 Å². The van der Waals surface area contributed by atoms with Crippen LogP contribution in [0.5, 0.6) is 5.75 Å². The Morgan fingerprint density at radius 1 is 1.09 bits per heavy atom. The second-order valence-corrected chi connectivity index (χ2v) is 10.8. The van der Waals surface area contributed by atoms with Crippen LogP contribution in [0.4, 0.5) is 0 Å². The van der Waals surface area contributed by atoms with Gasteiger partial charge in [-0.3, -0.25) is 4.90 Å². The number of likely N-dealkylation sites (tertiary alicyclic amines) is 1. The molecule has 0 saturated carbocycles. The van der Waals surface area contributed by atoms with Crippen molar-refractivity contribution in [2.75, 3.05) is 26.0 Å². The van der Waals surface area contributed by atoms with Crippen LogP contribution < -0.4 is 10.4 Å². The number of hydrogen-bond acceptors (Lipinski definition) is 6. The Bertz CT molecular complexity index is 1280. The Kier molecular flexibility index (Phi) is 6.40. The van der Waals surface area contributed by atoms with E-state index in [1.807, 2.05) is 31.2 Å². The van der Waals surface area contributed by atoms with Crippen molar-refractivity contribution in [2.45, 2.75) is 38.1 Å². The molecule has 4 rings (SSSR count).